The van der Waals surface area contributed by atoms with Crippen LogP contribution in [-0.2, 0) is 0 Å². The molecule has 6 aromatic rings. The number of aromatic nitrogens is 8. The number of hydrogen-bond acceptors (Lipinski definition) is 6. The van der Waals surface area contributed by atoms with E-state index in [1.165, 1.54) is 0 Å². The molecule has 0 bridgehead atoms. The van der Waals surface area contributed by atoms with Crippen molar-refractivity contribution in [1.29, 1.82) is 0 Å². The third-order valence-corrected chi connectivity index (χ3v) is 5.63. The summed E-state index contributed by atoms with van der Waals surface area (Å²) in [7, 11) is 0. The van der Waals surface area contributed by atoms with Crippen LogP contribution in [-0.4, -0.2) is 40.6 Å². The van der Waals surface area contributed by atoms with Crippen LogP contribution in [0.25, 0.3) is 50.4 Å². The first-order chi connectivity index (χ1) is 16.3. The number of H-pyrrole nitrogens is 1. The minimum Gasteiger partial charge on any atom is -0.276 e. The molecule has 0 radical (unpaired) electrons. The number of aromatic amines is 1. The van der Waals surface area contributed by atoms with Gasteiger partial charge in [0.2, 0.25) is 0 Å². The third kappa shape index (κ3) is 3.52. The quantitative estimate of drug-likeness (QED) is 0.406. The second-order valence-corrected chi connectivity index (χ2v) is 7.86. The highest BCUT2D eigenvalue weighted by atomic mass is 35.5. The number of rotatable bonds is 4. The van der Waals surface area contributed by atoms with Gasteiger partial charge in [-0.15, -0.1) is 15.3 Å². The monoisotopic (exact) mass is 450 g/mol. The number of fused-ring (bicyclic) bond motifs is 1. The van der Waals surface area contributed by atoms with Crippen LogP contribution < -0.4 is 0 Å². The molecule has 0 unspecified atom stereocenters. The minimum absolute atomic E-state index is 0.665. The van der Waals surface area contributed by atoms with Gasteiger partial charge in [-0.2, -0.15) is 5.10 Å². The van der Waals surface area contributed by atoms with Crippen molar-refractivity contribution < 1.29 is 0 Å². The van der Waals surface area contributed by atoms with Crippen molar-refractivity contribution in [2.24, 2.45) is 0 Å². The lowest BCUT2D eigenvalue weighted by Crippen LogP contribution is -1.97. The maximum Gasteiger partial charge on any atom is 0.143 e. The number of nitrogens with zero attached hydrogens (tertiary/aromatic N) is 7. The van der Waals surface area contributed by atoms with Gasteiger partial charge in [0.05, 0.1) is 17.1 Å². The number of hydrogen-bond donors (Lipinski definition) is 1. The summed E-state index contributed by atoms with van der Waals surface area (Å²) in [5, 5.41) is 30.6. The lowest BCUT2D eigenvalue weighted by molar-refractivity contribution is 0.789. The molecule has 0 aliphatic rings. The molecule has 158 valence electrons. The first-order valence-corrected chi connectivity index (χ1v) is 10.5. The highest BCUT2D eigenvalue weighted by Gasteiger charge is 2.15. The van der Waals surface area contributed by atoms with Crippen molar-refractivity contribution in [2.75, 3.05) is 0 Å². The molecule has 33 heavy (non-hydrogen) atoms. The zero-order chi connectivity index (χ0) is 22.2. The topological polar surface area (TPSA) is 98.1 Å². The molecule has 0 aliphatic heterocycles. The van der Waals surface area contributed by atoms with Crippen LogP contribution in [0.15, 0.2) is 85.2 Å². The van der Waals surface area contributed by atoms with Crippen molar-refractivity contribution in [3.63, 3.8) is 0 Å². The molecule has 3 heterocycles. The van der Waals surface area contributed by atoms with E-state index in [0.717, 1.165) is 50.4 Å². The molecule has 9 heteroatoms. The van der Waals surface area contributed by atoms with E-state index < -0.39 is 0 Å². The number of halogens is 1. The van der Waals surface area contributed by atoms with Crippen LogP contribution >= 0.6 is 11.6 Å². The van der Waals surface area contributed by atoms with Gasteiger partial charge in [-0.25, -0.2) is 4.68 Å². The van der Waals surface area contributed by atoms with Crippen LogP contribution in [0.4, 0.5) is 0 Å². The summed E-state index contributed by atoms with van der Waals surface area (Å²) in [5.41, 5.74) is 5.86. The van der Waals surface area contributed by atoms with E-state index in [1.807, 2.05) is 78.9 Å². The highest BCUT2D eigenvalue weighted by Crippen LogP contribution is 2.33. The average molecular weight is 451 g/mol. The second-order valence-electron chi connectivity index (χ2n) is 7.42. The molecule has 6 rings (SSSR count). The van der Waals surface area contributed by atoms with E-state index in [2.05, 4.69) is 35.9 Å². The van der Waals surface area contributed by atoms with Crippen LogP contribution in [0, 0.1) is 0 Å². The Labute approximate surface area is 192 Å². The minimum atomic E-state index is 0.665. The lowest BCUT2D eigenvalue weighted by atomic mass is 10.0. The second kappa shape index (κ2) is 7.92. The Morgan fingerprint density at radius 2 is 1.55 bits per heavy atom. The number of nitrogens with one attached hydrogen (secondary N) is 1. The number of benzene rings is 3. The Balaban J connectivity index is 1.42. The summed E-state index contributed by atoms with van der Waals surface area (Å²) >= 11 is 6.14. The maximum atomic E-state index is 6.14. The van der Waals surface area contributed by atoms with E-state index in [1.54, 1.807) is 11.0 Å². The molecule has 8 nitrogen and oxygen atoms in total. The van der Waals surface area contributed by atoms with E-state index in [9.17, 15) is 0 Å². The van der Waals surface area contributed by atoms with Crippen molar-refractivity contribution in [3.05, 3.63) is 90.2 Å². The summed E-state index contributed by atoms with van der Waals surface area (Å²) in [5.74, 6) is 0. The van der Waals surface area contributed by atoms with Crippen molar-refractivity contribution >= 4 is 22.4 Å². The maximum absolute atomic E-state index is 6.14. The normalized spacial score (nSPS) is 11.2. The van der Waals surface area contributed by atoms with E-state index >= 15 is 0 Å². The van der Waals surface area contributed by atoms with E-state index in [4.69, 9.17) is 11.6 Å². The predicted molar refractivity (Wildman–Crippen MR) is 126 cm³/mol. The highest BCUT2D eigenvalue weighted by molar-refractivity contribution is 6.30. The van der Waals surface area contributed by atoms with Crippen LogP contribution in [0.3, 0.4) is 0 Å². The Morgan fingerprint density at radius 3 is 2.30 bits per heavy atom. The molecule has 0 atom stereocenters. The average Bonchev–Trinajstić information content (AvgIpc) is 3.56. The van der Waals surface area contributed by atoms with Gasteiger partial charge in [0.25, 0.3) is 0 Å². The van der Waals surface area contributed by atoms with Gasteiger partial charge in [-0.05, 0) is 40.8 Å². The standard InChI is InChI=1S/C24H15ClN8/c25-17-5-3-4-16(12-17)21-13-22(28-27-21)24-20-7-2-1-6-19(20)23(29-30-24)15-8-10-18(11-9-15)33-14-26-31-32-33/h1-14H,(H,27,28). The molecule has 3 aromatic heterocycles. The third-order valence-electron chi connectivity index (χ3n) is 5.39. The van der Waals surface area contributed by atoms with Gasteiger partial charge in [0, 0.05) is 26.9 Å². The summed E-state index contributed by atoms with van der Waals surface area (Å²) in [4.78, 5) is 0. The first kappa shape index (κ1) is 19.3. The van der Waals surface area contributed by atoms with E-state index in [0.29, 0.717) is 5.02 Å². The van der Waals surface area contributed by atoms with Crippen molar-refractivity contribution in [2.45, 2.75) is 0 Å². The fourth-order valence-corrected chi connectivity index (χ4v) is 4.00. The zero-order valence-corrected chi connectivity index (χ0v) is 17.8. The van der Waals surface area contributed by atoms with Crippen molar-refractivity contribution in [3.8, 4) is 39.6 Å². The predicted octanol–water partition coefficient (Wildman–Crippen LogP) is 4.98. The van der Waals surface area contributed by atoms with E-state index in [-0.39, 0.29) is 0 Å². The number of tetrazole rings is 1. The summed E-state index contributed by atoms with van der Waals surface area (Å²) in [6.07, 6.45) is 1.56. The fourth-order valence-electron chi connectivity index (χ4n) is 3.81. The smallest absolute Gasteiger partial charge is 0.143 e. The molecule has 0 fully saturated rings. The summed E-state index contributed by atoms with van der Waals surface area (Å²) in [6.45, 7) is 0. The molecule has 0 spiro atoms. The molecule has 0 saturated heterocycles. The Kier molecular flexibility index (Phi) is 4.63. The summed E-state index contributed by atoms with van der Waals surface area (Å²) in [6, 6.07) is 25.5. The molecular formula is C24H15ClN8. The lowest BCUT2D eigenvalue weighted by Gasteiger charge is -2.09. The Hall–Kier alpha value is -4.43. The molecule has 1 N–H and O–H groups in total. The van der Waals surface area contributed by atoms with Crippen LogP contribution in [0.5, 0.6) is 0 Å². The molecule has 0 aliphatic carbocycles. The largest absolute Gasteiger partial charge is 0.276 e. The Morgan fingerprint density at radius 1 is 0.758 bits per heavy atom. The first-order valence-electron chi connectivity index (χ1n) is 10.2. The van der Waals surface area contributed by atoms with Gasteiger partial charge in [0.15, 0.2) is 0 Å². The van der Waals surface area contributed by atoms with Gasteiger partial charge < -0.3 is 0 Å². The van der Waals surface area contributed by atoms with Gasteiger partial charge >= 0.3 is 0 Å². The summed E-state index contributed by atoms with van der Waals surface area (Å²) < 4.78 is 1.60. The van der Waals surface area contributed by atoms with Gasteiger partial charge in [-0.1, -0.05) is 60.1 Å². The molecule has 3 aromatic carbocycles. The Bertz CT molecular complexity index is 1570. The fraction of sp³-hybridized carbons (Fsp3) is 0. The van der Waals surface area contributed by atoms with Crippen LogP contribution in [0.2, 0.25) is 5.02 Å². The van der Waals surface area contributed by atoms with Gasteiger partial charge in [-0.3, -0.25) is 5.10 Å². The molecule has 0 amide bonds. The zero-order valence-electron chi connectivity index (χ0n) is 17.1. The molecule has 0 saturated carbocycles. The SMILES string of the molecule is Clc1cccc(-c2cc(-c3nnc(-c4ccc(-n5cnnn5)cc4)c4ccccc34)[nH]n2)c1. The van der Waals surface area contributed by atoms with Crippen LogP contribution in [0.1, 0.15) is 0 Å². The van der Waals surface area contributed by atoms with Crippen molar-refractivity contribution in [1.82, 2.24) is 40.6 Å². The van der Waals surface area contributed by atoms with Gasteiger partial charge in [0.1, 0.15) is 17.7 Å². The molecular weight excluding hydrogens is 436 g/mol.